The SMILES string of the molecule is O=C1O[C@H](C(=O)NCc2ccco2)Cc2ccc(Cl)cc21. The minimum absolute atomic E-state index is 0.257. The second-order valence-electron chi connectivity index (χ2n) is 4.70. The molecule has 0 spiro atoms. The molecule has 0 unspecified atom stereocenters. The van der Waals surface area contributed by atoms with Crippen molar-refractivity contribution in [1.82, 2.24) is 5.32 Å². The minimum atomic E-state index is -0.832. The lowest BCUT2D eigenvalue weighted by Gasteiger charge is -2.23. The molecule has 2 heterocycles. The molecule has 1 aromatic heterocycles. The molecule has 108 valence electrons. The van der Waals surface area contributed by atoms with Crippen LogP contribution in [-0.4, -0.2) is 18.0 Å². The Morgan fingerprint density at radius 1 is 1.38 bits per heavy atom. The molecule has 1 N–H and O–H groups in total. The second kappa shape index (κ2) is 5.61. The summed E-state index contributed by atoms with van der Waals surface area (Å²) in [6.45, 7) is 0.257. The molecule has 0 saturated carbocycles. The molecule has 0 aliphatic carbocycles. The maximum Gasteiger partial charge on any atom is 0.339 e. The fourth-order valence-corrected chi connectivity index (χ4v) is 2.37. The van der Waals surface area contributed by atoms with Crippen LogP contribution in [-0.2, 0) is 22.5 Å². The molecule has 1 aliphatic rings. The normalized spacial score (nSPS) is 17.0. The summed E-state index contributed by atoms with van der Waals surface area (Å²) in [5.41, 5.74) is 1.17. The number of nitrogens with one attached hydrogen (secondary N) is 1. The van der Waals surface area contributed by atoms with Crippen LogP contribution in [0.3, 0.4) is 0 Å². The molecule has 0 fully saturated rings. The fourth-order valence-electron chi connectivity index (χ4n) is 2.20. The zero-order valence-corrected chi connectivity index (χ0v) is 11.7. The summed E-state index contributed by atoms with van der Waals surface area (Å²) in [5.74, 6) is -0.241. The third-order valence-corrected chi connectivity index (χ3v) is 3.49. The Labute approximate surface area is 125 Å². The standard InChI is InChI=1S/C15H12ClNO4/c16-10-4-3-9-6-13(21-15(19)12(9)7-10)14(18)17-8-11-2-1-5-20-11/h1-5,7,13H,6,8H2,(H,17,18)/t13-/m0/s1. The molecule has 1 aromatic carbocycles. The number of hydrogen-bond acceptors (Lipinski definition) is 4. The van der Waals surface area contributed by atoms with Crippen LogP contribution in [0.1, 0.15) is 21.7 Å². The van der Waals surface area contributed by atoms with Gasteiger partial charge in [-0.05, 0) is 29.8 Å². The van der Waals surface area contributed by atoms with Crippen LogP contribution in [0.15, 0.2) is 41.0 Å². The van der Waals surface area contributed by atoms with Crippen molar-refractivity contribution < 1.29 is 18.7 Å². The van der Waals surface area contributed by atoms with Gasteiger partial charge in [0.05, 0.1) is 18.4 Å². The number of rotatable bonds is 3. The minimum Gasteiger partial charge on any atom is -0.467 e. The Bertz CT molecular complexity index is 681. The van der Waals surface area contributed by atoms with E-state index in [2.05, 4.69) is 5.32 Å². The number of esters is 1. The molecule has 1 atom stereocenters. The maximum absolute atomic E-state index is 12.1. The summed E-state index contributed by atoms with van der Waals surface area (Å²) < 4.78 is 10.3. The summed E-state index contributed by atoms with van der Waals surface area (Å²) in [6, 6.07) is 8.48. The van der Waals surface area contributed by atoms with Gasteiger partial charge in [-0.15, -0.1) is 0 Å². The Morgan fingerprint density at radius 3 is 3.00 bits per heavy atom. The highest BCUT2D eigenvalue weighted by Gasteiger charge is 2.31. The molecule has 0 saturated heterocycles. The average Bonchev–Trinajstić information content (AvgIpc) is 2.98. The smallest absolute Gasteiger partial charge is 0.339 e. The highest BCUT2D eigenvalue weighted by atomic mass is 35.5. The van der Waals surface area contributed by atoms with Gasteiger partial charge in [0.2, 0.25) is 0 Å². The summed E-state index contributed by atoms with van der Waals surface area (Å²) >= 11 is 5.85. The number of amides is 1. The Morgan fingerprint density at radius 2 is 2.24 bits per heavy atom. The van der Waals surface area contributed by atoms with Crippen LogP contribution >= 0.6 is 11.6 Å². The predicted octanol–water partition coefficient (Wildman–Crippen LogP) is 2.33. The van der Waals surface area contributed by atoms with E-state index >= 15 is 0 Å². The molecule has 2 aromatic rings. The third-order valence-electron chi connectivity index (χ3n) is 3.26. The highest BCUT2D eigenvalue weighted by molar-refractivity contribution is 6.31. The average molecular weight is 306 g/mol. The number of fused-ring (bicyclic) bond motifs is 1. The Hall–Kier alpha value is -2.27. The first-order valence-electron chi connectivity index (χ1n) is 6.43. The van der Waals surface area contributed by atoms with E-state index in [0.29, 0.717) is 22.8 Å². The molecule has 21 heavy (non-hydrogen) atoms. The van der Waals surface area contributed by atoms with Crippen LogP contribution in [0.2, 0.25) is 5.02 Å². The van der Waals surface area contributed by atoms with Gasteiger partial charge in [0, 0.05) is 11.4 Å². The number of halogens is 1. The zero-order chi connectivity index (χ0) is 14.8. The number of cyclic esters (lactones) is 1. The molecule has 0 radical (unpaired) electrons. The van der Waals surface area contributed by atoms with E-state index < -0.39 is 12.1 Å². The summed E-state index contributed by atoms with van der Waals surface area (Å²) in [4.78, 5) is 24.0. The maximum atomic E-state index is 12.1. The van der Waals surface area contributed by atoms with Crippen LogP contribution in [0.5, 0.6) is 0 Å². The largest absolute Gasteiger partial charge is 0.467 e. The molecule has 3 rings (SSSR count). The lowest BCUT2D eigenvalue weighted by molar-refractivity contribution is -0.130. The van der Waals surface area contributed by atoms with Crippen molar-refractivity contribution >= 4 is 23.5 Å². The van der Waals surface area contributed by atoms with Crippen molar-refractivity contribution in [2.24, 2.45) is 0 Å². The van der Waals surface area contributed by atoms with Gasteiger partial charge < -0.3 is 14.5 Å². The predicted molar refractivity (Wildman–Crippen MR) is 74.9 cm³/mol. The van der Waals surface area contributed by atoms with Crippen molar-refractivity contribution in [1.29, 1.82) is 0 Å². The number of benzene rings is 1. The Balaban J connectivity index is 1.69. The van der Waals surface area contributed by atoms with Crippen LogP contribution in [0, 0.1) is 0 Å². The van der Waals surface area contributed by atoms with Crippen LogP contribution < -0.4 is 5.32 Å². The van der Waals surface area contributed by atoms with Crippen molar-refractivity contribution in [3.8, 4) is 0 Å². The van der Waals surface area contributed by atoms with Gasteiger partial charge in [-0.3, -0.25) is 4.79 Å². The van der Waals surface area contributed by atoms with Gasteiger partial charge >= 0.3 is 5.97 Å². The molecular weight excluding hydrogens is 294 g/mol. The van der Waals surface area contributed by atoms with E-state index in [-0.39, 0.29) is 12.5 Å². The summed E-state index contributed by atoms with van der Waals surface area (Å²) in [6.07, 6.45) is 1.03. The number of hydrogen-bond donors (Lipinski definition) is 1. The van der Waals surface area contributed by atoms with E-state index in [1.165, 1.54) is 6.26 Å². The molecule has 5 nitrogen and oxygen atoms in total. The lowest BCUT2D eigenvalue weighted by Crippen LogP contribution is -2.41. The van der Waals surface area contributed by atoms with E-state index in [4.69, 9.17) is 20.8 Å². The van der Waals surface area contributed by atoms with Gasteiger partial charge in [-0.2, -0.15) is 0 Å². The van der Waals surface area contributed by atoms with E-state index in [1.807, 2.05) is 0 Å². The van der Waals surface area contributed by atoms with E-state index in [1.54, 1.807) is 30.3 Å². The summed E-state index contributed by atoms with van der Waals surface area (Å²) in [7, 11) is 0. The second-order valence-corrected chi connectivity index (χ2v) is 5.13. The van der Waals surface area contributed by atoms with Crippen molar-refractivity contribution in [3.05, 3.63) is 58.5 Å². The summed E-state index contributed by atoms with van der Waals surface area (Å²) in [5, 5.41) is 3.15. The van der Waals surface area contributed by atoms with E-state index in [0.717, 1.165) is 5.56 Å². The highest BCUT2D eigenvalue weighted by Crippen LogP contribution is 2.24. The monoisotopic (exact) mass is 305 g/mol. The molecular formula is C15H12ClNO4. The Kier molecular flexibility index (Phi) is 3.66. The van der Waals surface area contributed by atoms with Gasteiger partial charge in [-0.1, -0.05) is 17.7 Å². The first-order valence-corrected chi connectivity index (χ1v) is 6.81. The quantitative estimate of drug-likeness (QED) is 0.884. The fraction of sp³-hybridized carbons (Fsp3) is 0.200. The topological polar surface area (TPSA) is 68.5 Å². The van der Waals surface area contributed by atoms with Crippen LogP contribution in [0.4, 0.5) is 0 Å². The molecule has 6 heteroatoms. The first-order chi connectivity index (χ1) is 10.1. The lowest BCUT2D eigenvalue weighted by atomic mass is 9.98. The van der Waals surface area contributed by atoms with Crippen LogP contribution in [0.25, 0.3) is 0 Å². The first kappa shape index (κ1) is 13.7. The van der Waals surface area contributed by atoms with Gasteiger partial charge in [-0.25, -0.2) is 4.79 Å². The number of carbonyl (C=O) groups excluding carboxylic acids is 2. The number of ether oxygens (including phenoxy) is 1. The van der Waals surface area contributed by atoms with Crippen molar-refractivity contribution in [3.63, 3.8) is 0 Å². The third kappa shape index (κ3) is 2.92. The van der Waals surface area contributed by atoms with Crippen molar-refractivity contribution in [2.45, 2.75) is 19.1 Å². The van der Waals surface area contributed by atoms with Crippen molar-refractivity contribution in [2.75, 3.05) is 0 Å². The van der Waals surface area contributed by atoms with E-state index in [9.17, 15) is 9.59 Å². The molecule has 1 aliphatic heterocycles. The van der Waals surface area contributed by atoms with Gasteiger partial charge in [0.25, 0.3) is 5.91 Å². The van der Waals surface area contributed by atoms with Gasteiger partial charge in [0.1, 0.15) is 5.76 Å². The number of furan rings is 1. The van der Waals surface area contributed by atoms with Gasteiger partial charge in [0.15, 0.2) is 6.10 Å². The zero-order valence-electron chi connectivity index (χ0n) is 11.0. The molecule has 0 bridgehead atoms. The molecule has 1 amide bonds. The number of carbonyl (C=O) groups is 2.